The van der Waals surface area contributed by atoms with E-state index in [2.05, 4.69) is 10.6 Å². The molecule has 0 fully saturated rings. The van der Waals surface area contributed by atoms with Gasteiger partial charge in [-0.2, -0.15) is 13.2 Å². The average Bonchev–Trinajstić information content (AvgIpc) is 2.79. The van der Waals surface area contributed by atoms with E-state index in [9.17, 15) is 32.3 Å². The summed E-state index contributed by atoms with van der Waals surface area (Å²) in [6.45, 7) is 6.30. The first-order valence-electron chi connectivity index (χ1n) is 11.1. The fourth-order valence-electron chi connectivity index (χ4n) is 3.05. The van der Waals surface area contributed by atoms with Crippen LogP contribution in [0.25, 0.3) is 10.8 Å². The molecule has 4 N–H and O–H groups in total. The minimum absolute atomic E-state index is 0.140. The highest BCUT2D eigenvalue weighted by Crippen LogP contribution is 2.18. The standard InChI is InChI=1S/C24H29F3N4O5/c1-14(20(33)28-13-16-10-7-9-15-8-5-6-11-17(15)16)29-21(34)18(30-22(35)24(25,26)27)12-19(32)31-36-23(2,3)4/h5-11,14,18H,12-13H2,1-4H3,(H,28,33)(H,29,34)(H,30,35)(H,31,32)/t14-,18?/m0/s1. The van der Waals surface area contributed by atoms with Crippen molar-refractivity contribution in [1.82, 2.24) is 21.4 Å². The quantitative estimate of drug-likeness (QED) is 0.385. The molecule has 0 aliphatic rings. The van der Waals surface area contributed by atoms with Crippen molar-refractivity contribution in [2.24, 2.45) is 0 Å². The molecular formula is C24H29F3N4O5. The predicted octanol–water partition coefficient (Wildman–Crippen LogP) is 2.24. The van der Waals surface area contributed by atoms with Gasteiger partial charge in [0.25, 0.3) is 0 Å². The van der Waals surface area contributed by atoms with Crippen molar-refractivity contribution >= 4 is 34.4 Å². The molecule has 36 heavy (non-hydrogen) atoms. The molecule has 0 aromatic heterocycles. The number of hydrogen-bond acceptors (Lipinski definition) is 5. The molecule has 0 radical (unpaired) electrons. The summed E-state index contributed by atoms with van der Waals surface area (Å²) >= 11 is 0. The Bertz CT molecular complexity index is 1110. The van der Waals surface area contributed by atoms with E-state index in [1.165, 1.54) is 12.2 Å². The number of benzene rings is 2. The molecule has 196 valence electrons. The topological polar surface area (TPSA) is 126 Å². The highest BCUT2D eigenvalue weighted by molar-refractivity contribution is 5.95. The van der Waals surface area contributed by atoms with Gasteiger partial charge in [0.15, 0.2) is 0 Å². The summed E-state index contributed by atoms with van der Waals surface area (Å²) in [5, 5.41) is 8.28. The van der Waals surface area contributed by atoms with Crippen LogP contribution in [0, 0.1) is 0 Å². The van der Waals surface area contributed by atoms with Gasteiger partial charge in [-0.1, -0.05) is 42.5 Å². The predicted molar refractivity (Wildman–Crippen MR) is 125 cm³/mol. The highest BCUT2D eigenvalue weighted by atomic mass is 19.4. The van der Waals surface area contributed by atoms with Crippen molar-refractivity contribution in [2.75, 3.05) is 0 Å². The van der Waals surface area contributed by atoms with Gasteiger partial charge in [0.2, 0.25) is 17.7 Å². The number of carbonyl (C=O) groups is 4. The normalized spacial score (nSPS) is 13.4. The van der Waals surface area contributed by atoms with E-state index in [1.807, 2.05) is 47.9 Å². The van der Waals surface area contributed by atoms with E-state index in [1.54, 1.807) is 20.8 Å². The Hall–Kier alpha value is -3.67. The summed E-state index contributed by atoms with van der Waals surface area (Å²) in [7, 11) is 0. The zero-order valence-corrected chi connectivity index (χ0v) is 20.3. The van der Waals surface area contributed by atoms with Crippen LogP contribution in [-0.2, 0) is 30.6 Å². The monoisotopic (exact) mass is 510 g/mol. The van der Waals surface area contributed by atoms with Crippen LogP contribution in [0.5, 0.6) is 0 Å². The zero-order chi connectivity index (χ0) is 27.1. The molecule has 0 aliphatic carbocycles. The Balaban J connectivity index is 2.03. The summed E-state index contributed by atoms with van der Waals surface area (Å²) in [5.74, 6) is -5.11. The van der Waals surface area contributed by atoms with Gasteiger partial charge in [0.1, 0.15) is 12.1 Å². The number of nitrogens with one attached hydrogen (secondary N) is 4. The van der Waals surface area contributed by atoms with Crippen LogP contribution in [0.1, 0.15) is 39.7 Å². The molecule has 0 saturated heterocycles. The maximum atomic E-state index is 12.7. The number of amides is 4. The van der Waals surface area contributed by atoms with E-state index >= 15 is 0 Å². The van der Waals surface area contributed by atoms with Crippen LogP contribution in [-0.4, -0.2) is 47.5 Å². The second kappa shape index (κ2) is 11.8. The Labute approximate surface area is 206 Å². The van der Waals surface area contributed by atoms with Gasteiger partial charge in [0, 0.05) is 6.54 Å². The van der Waals surface area contributed by atoms with Gasteiger partial charge < -0.3 is 16.0 Å². The lowest BCUT2D eigenvalue weighted by atomic mass is 10.0. The largest absolute Gasteiger partial charge is 0.471 e. The molecular weight excluding hydrogens is 481 g/mol. The van der Waals surface area contributed by atoms with E-state index in [4.69, 9.17) is 4.84 Å². The lowest BCUT2D eigenvalue weighted by molar-refractivity contribution is -0.175. The third-order valence-electron chi connectivity index (χ3n) is 4.82. The smallest absolute Gasteiger partial charge is 0.350 e. The second-order valence-corrected chi connectivity index (χ2v) is 9.05. The van der Waals surface area contributed by atoms with Gasteiger partial charge in [-0.05, 0) is 44.0 Å². The molecule has 0 spiro atoms. The number of carbonyl (C=O) groups excluding carboxylic acids is 4. The van der Waals surface area contributed by atoms with E-state index in [0.717, 1.165) is 16.3 Å². The van der Waals surface area contributed by atoms with Crippen LogP contribution in [0.3, 0.4) is 0 Å². The van der Waals surface area contributed by atoms with Crippen molar-refractivity contribution in [3.63, 3.8) is 0 Å². The van der Waals surface area contributed by atoms with Crippen molar-refractivity contribution < 1.29 is 37.2 Å². The number of halogens is 3. The molecule has 0 bridgehead atoms. The fourth-order valence-corrected chi connectivity index (χ4v) is 3.05. The number of alkyl halides is 3. The molecule has 12 heteroatoms. The molecule has 2 aromatic carbocycles. The Kier molecular flexibility index (Phi) is 9.40. The van der Waals surface area contributed by atoms with E-state index < -0.39 is 53.9 Å². The summed E-state index contributed by atoms with van der Waals surface area (Å²) in [4.78, 5) is 53.7. The summed E-state index contributed by atoms with van der Waals surface area (Å²) in [6.07, 6.45) is -6.13. The van der Waals surface area contributed by atoms with Crippen LogP contribution in [0.2, 0.25) is 0 Å². The molecule has 4 amide bonds. The van der Waals surface area contributed by atoms with Crippen molar-refractivity contribution in [3.05, 3.63) is 48.0 Å². The summed E-state index contributed by atoms with van der Waals surface area (Å²) < 4.78 is 38.2. The number of hydrogen-bond donors (Lipinski definition) is 4. The average molecular weight is 511 g/mol. The lowest BCUT2D eigenvalue weighted by Gasteiger charge is -2.23. The second-order valence-electron chi connectivity index (χ2n) is 9.05. The zero-order valence-electron chi connectivity index (χ0n) is 20.3. The third kappa shape index (κ3) is 8.84. The Morgan fingerprint density at radius 3 is 2.19 bits per heavy atom. The SMILES string of the molecule is C[C@H](NC(=O)C(CC(=O)NOC(C)(C)C)NC(=O)C(F)(F)F)C(=O)NCc1cccc2ccccc12. The Morgan fingerprint density at radius 1 is 0.917 bits per heavy atom. The van der Waals surface area contributed by atoms with E-state index in [-0.39, 0.29) is 6.54 Å². The third-order valence-corrected chi connectivity index (χ3v) is 4.82. The molecule has 1 unspecified atom stereocenters. The van der Waals surface area contributed by atoms with Gasteiger partial charge in [-0.3, -0.25) is 24.0 Å². The minimum atomic E-state index is -5.28. The summed E-state index contributed by atoms with van der Waals surface area (Å²) in [5.41, 5.74) is 2.04. The Morgan fingerprint density at radius 2 is 1.56 bits per heavy atom. The first-order valence-corrected chi connectivity index (χ1v) is 11.1. The van der Waals surface area contributed by atoms with Crippen LogP contribution < -0.4 is 21.4 Å². The molecule has 2 rings (SSSR count). The number of rotatable bonds is 9. The maximum Gasteiger partial charge on any atom is 0.471 e. The number of fused-ring (bicyclic) bond motifs is 1. The lowest BCUT2D eigenvalue weighted by Crippen LogP contribution is -2.55. The molecule has 0 saturated carbocycles. The van der Waals surface area contributed by atoms with Gasteiger partial charge in [-0.25, -0.2) is 5.48 Å². The first kappa shape index (κ1) is 28.6. The van der Waals surface area contributed by atoms with E-state index in [0.29, 0.717) is 0 Å². The van der Waals surface area contributed by atoms with Crippen LogP contribution in [0.4, 0.5) is 13.2 Å². The minimum Gasteiger partial charge on any atom is -0.350 e. The molecule has 9 nitrogen and oxygen atoms in total. The molecule has 2 aromatic rings. The molecule has 0 heterocycles. The molecule has 2 atom stereocenters. The first-order chi connectivity index (χ1) is 16.7. The highest BCUT2D eigenvalue weighted by Gasteiger charge is 2.41. The number of hydroxylamine groups is 1. The fraction of sp³-hybridized carbons (Fsp3) is 0.417. The van der Waals surface area contributed by atoms with Gasteiger partial charge in [-0.15, -0.1) is 0 Å². The summed E-state index contributed by atoms with van der Waals surface area (Å²) in [6, 6.07) is 10.0. The van der Waals surface area contributed by atoms with Crippen molar-refractivity contribution in [3.8, 4) is 0 Å². The van der Waals surface area contributed by atoms with Gasteiger partial charge >= 0.3 is 12.1 Å². The van der Waals surface area contributed by atoms with Crippen molar-refractivity contribution in [2.45, 2.75) is 64.5 Å². The van der Waals surface area contributed by atoms with Crippen LogP contribution in [0.15, 0.2) is 42.5 Å². The maximum absolute atomic E-state index is 12.7. The van der Waals surface area contributed by atoms with Gasteiger partial charge in [0.05, 0.1) is 12.0 Å². The van der Waals surface area contributed by atoms with Crippen molar-refractivity contribution in [1.29, 1.82) is 0 Å². The van der Waals surface area contributed by atoms with Crippen LogP contribution >= 0.6 is 0 Å². The molecule has 0 aliphatic heterocycles.